The lowest BCUT2D eigenvalue weighted by Gasteiger charge is -2.26. The van der Waals surface area contributed by atoms with E-state index in [0.717, 1.165) is 25.7 Å². The summed E-state index contributed by atoms with van der Waals surface area (Å²) >= 11 is 0. The number of rotatable bonds is 5. The van der Waals surface area contributed by atoms with Crippen molar-refractivity contribution >= 4 is 5.91 Å². The van der Waals surface area contributed by atoms with Crippen LogP contribution in [0.1, 0.15) is 25.7 Å². The van der Waals surface area contributed by atoms with Gasteiger partial charge in [-0.1, -0.05) is 0 Å². The first-order valence-corrected chi connectivity index (χ1v) is 5.52. The van der Waals surface area contributed by atoms with Crippen LogP contribution in [0.15, 0.2) is 0 Å². The molecule has 0 aliphatic heterocycles. The summed E-state index contributed by atoms with van der Waals surface area (Å²) in [7, 11) is 0. The minimum Gasteiger partial charge on any atom is -0.376 e. The minimum absolute atomic E-state index is 0.131. The van der Waals surface area contributed by atoms with E-state index in [9.17, 15) is 13.6 Å². The minimum atomic E-state index is -2.95. The molecule has 0 saturated heterocycles. The maximum atomic E-state index is 11.8. The standard InChI is InChI=1S/C10H18F2N2O2/c11-9(12)10(15)14-5-6-16-8-3-1-7(13)2-4-8/h7-9H,1-6,13H2,(H,14,15). The summed E-state index contributed by atoms with van der Waals surface area (Å²) in [6.45, 7) is 0.407. The number of amides is 1. The Morgan fingerprint density at radius 3 is 2.56 bits per heavy atom. The highest BCUT2D eigenvalue weighted by molar-refractivity contribution is 5.78. The van der Waals surface area contributed by atoms with Gasteiger partial charge >= 0.3 is 6.43 Å². The number of hydrogen-bond acceptors (Lipinski definition) is 3. The Labute approximate surface area is 93.5 Å². The zero-order valence-corrected chi connectivity index (χ0v) is 9.12. The molecule has 0 aromatic carbocycles. The van der Waals surface area contributed by atoms with Crippen molar-refractivity contribution in [2.45, 2.75) is 44.3 Å². The second-order valence-corrected chi connectivity index (χ2v) is 4.00. The number of ether oxygens (including phenoxy) is 1. The summed E-state index contributed by atoms with van der Waals surface area (Å²) < 4.78 is 29.0. The van der Waals surface area contributed by atoms with Gasteiger partial charge in [0.15, 0.2) is 0 Å². The van der Waals surface area contributed by atoms with Crippen LogP contribution >= 0.6 is 0 Å². The highest BCUT2D eigenvalue weighted by Crippen LogP contribution is 2.19. The van der Waals surface area contributed by atoms with E-state index in [2.05, 4.69) is 5.32 Å². The highest BCUT2D eigenvalue weighted by atomic mass is 19.3. The summed E-state index contributed by atoms with van der Waals surface area (Å²) in [6.07, 6.45) is 0.895. The molecule has 0 aromatic rings. The molecular formula is C10H18F2N2O2. The Bertz CT molecular complexity index is 219. The Balaban J connectivity index is 2.01. The van der Waals surface area contributed by atoms with E-state index < -0.39 is 12.3 Å². The van der Waals surface area contributed by atoms with Gasteiger partial charge in [-0.05, 0) is 25.7 Å². The van der Waals surface area contributed by atoms with E-state index in [4.69, 9.17) is 10.5 Å². The Kier molecular flexibility index (Phi) is 5.62. The number of nitrogens with one attached hydrogen (secondary N) is 1. The third kappa shape index (κ3) is 4.85. The molecular weight excluding hydrogens is 218 g/mol. The molecule has 0 heterocycles. The largest absolute Gasteiger partial charge is 0.376 e. The van der Waals surface area contributed by atoms with E-state index in [0.29, 0.717) is 0 Å². The second-order valence-electron chi connectivity index (χ2n) is 4.00. The first-order valence-electron chi connectivity index (χ1n) is 5.52. The van der Waals surface area contributed by atoms with E-state index >= 15 is 0 Å². The average Bonchev–Trinajstić information content (AvgIpc) is 2.26. The number of hydrogen-bond donors (Lipinski definition) is 2. The van der Waals surface area contributed by atoms with E-state index in [1.807, 2.05) is 0 Å². The van der Waals surface area contributed by atoms with Gasteiger partial charge in [0.05, 0.1) is 12.7 Å². The van der Waals surface area contributed by atoms with Crippen molar-refractivity contribution in [1.82, 2.24) is 5.32 Å². The summed E-state index contributed by atoms with van der Waals surface area (Å²) in [5.74, 6) is -1.24. The fourth-order valence-electron chi connectivity index (χ4n) is 1.73. The van der Waals surface area contributed by atoms with Crippen molar-refractivity contribution in [3.8, 4) is 0 Å². The predicted molar refractivity (Wildman–Crippen MR) is 55.2 cm³/mol. The van der Waals surface area contributed by atoms with Gasteiger partial charge in [-0.25, -0.2) is 0 Å². The fourth-order valence-corrected chi connectivity index (χ4v) is 1.73. The van der Waals surface area contributed by atoms with Crippen LogP contribution in [0.2, 0.25) is 0 Å². The SMILES string of the molecule is NC1CCC(OCCNC(=O)C(F)F)CC1. The molecule has 0 atom stereocenters. The molecule has 4 nitrogen and oxygen atoms in total. The lowest BCUT2D eigenvalue weighted by atomic mass is 9.94. The first kappa shape index (κ1) is 13.3. The molecule has 6 heteroatoms. The van der Waals surface area contributed by atoms with E-state index in [-0.39, 0.29) is 25.3 Å². The van der Waals surface area contributed by atoms with Gasteiger partial charge in [-0.2, -0.15) is 8.78 Å². The van der Waals surface area contributed by atoms with Crippen LogP contribution in [-0.4, -0.2) is 37.6 Å². The lowest BCUT2D eigenvalue weighted by molar-refractivity contribution is -0.132. The normalized spacial score (nSPS) is 25.8. The number of alkyl halides is 2. The molecule has 1 saturated carbocycles. The van der Waals surface area contributed by atoms with Crippen molar-refractivity contribution in [2.24, 2.45) is 5.73 Å². The molecule has 1 aliphatic rings. The van der Waals surface area contributed by atoms with E-state index in [1.165, 1.54) is 0 Å². The molecule has 16 heavy (non-hydrogen) atoms. The molecule has 1 aliphatic carbocycles. The molecule has 1 fully saturated rings. The van der Waals surface area contributed by atoms with Gasteiger partial charge in [-0.15, -0.1) is 0 Å². The molecule has 0 aromatic heterocycles. The maximum absolute atomic E-state index is 11.8. The third-order valence-corrected chi connectivity index (χ3v) is 2.67. The predicted octanol–water partition coefficient (Wildman–Crippen LogP) is 0.654. The molecule has 1 amide bonds. The molecule has 0 bridgehead atoms. The second kappa shape index (κ2) is 6.75. The molecule has 0 spiro atoms. The number of nitrogens with two attached hydrogens (primary N) is 1. The maximum Gasteiger partial charge on any atom is 0.315 e. The smallest absolute Gasteiger partial charge is 0.315 e. The van der Waals surface area contributed by atoms with Crippen LogP contribution < -0.4 is 11.1 Å². The van der Waals surface area contributed by atoms with Crippen molar-refractivity contribution in [3.05, 3.63) is 0 Å². The van der Waals surface area contributed by atoms with Gasteiger partial charge in [0.1, 0.15) is 0 Å². The third-order valence-electron chi connectivity index (χ3n) is 2.67. The molecule has 94 valence electrons. The monoisotopic (exact) mass is 236 g/mol. The zero-order chi connectivity index (χ0) is 12.0. The average molecular weight is 236 g/mol. The summed E-state index contributed by atoms with van der Waals surface area (Å²) in [4.78, 5) is 10.5. The van der Waals surface area contributed by atoms with Crippen LogP contribution in [0.3, 0.4) is 0 Å². The zero-order valence-electron chi connectivity index (χ0n) is 9.12. The first-order chi connectivity index (χ1) is 7.59. The van der Waals surface area contributed by atoms with Crippen LogP contribution in [0.25, 0.3) is 0 Å². The van der Waals surface area contributed by atoms with Crippen LogP contribution in [0.5, 0.6) is 0 Å². The van der Waals surface area contributed by atoms with Gasteiger partial charge in [-0.3, -0.25) is 4.79 Å². The van der Waals surface area contributed by atoms with Crippen molar-refractivity contribution < 1.29 is 18.3 Å². The Morgan fingerprint density at radius 2 is 2.00 bits per heavy atom. The van der Waals surface area contributed by atoms with Crippen LogP contribution in [0.4, 0.5) is 8.78 Å². The topological polar surface area (TPSA) is 64.3 Å². The quantitative estimate of drug-likeness (QED) is 0.689. The van der Waals surface area contributed by atoms with Gasteiger partial charge in [0.2, 0.25) is 0 Å². The molecule has 1 rings (SSSR count). The van der Waals surface area contributed by atoms with Crippen LogP contribution in [0, 0.1) is 0 Å². The summed E-state index contributed by atoms with van der Waals surface area (Å²) in [6, 6.07) is 0.262. The highest BCUT2D eigenvalue weighted by Gasteiger charge is 2.19. The fraction of sp³-hybridized carbons (Fsp3) is 0.900. The van der Waals surface area contributed by atoms with Crippen LogP contribution in [-0.2, 0) is 9.53 Å². The van der Waals surface area contributed by atoms with Crippen molar-refractivity contribution in [2.75, 3.05) is 13.2 Å². The van der Waals surface area contributed by atoms with Gasteiger partial charge in [0, 0.05) is 12.6 Å². The van der Waals surface area contributed by atoms with Gasteiger partial charge < -0.3 is 15.8 Å². The van der Waals surface area contributed by atoms with E-state index in [1.54, 1.807) is 0 Å². The Hall–Kier alpha value is -0.750. The Morgan fingerprint density at radius 1 is 1.38 bits per heavy atom. The van der Waals surface area contributed by atoms with Crippen molar-refractivity contribution in [1.29, 1.82) is 0 Å². The number of carbonyl (C=O) groups excluding carboxylic acids is 1. The number of halogens is 2. The number of carbonyl (C=O) groups is 1. The summed E-state index contributed by atoms with van der Waals surface area (Å²) in [5, 5.41) is 2.09. The summed E-state index contributed by atoms with van der Waals surface area (Å²) in [5.41, 5.74) is 5.73. The lowest BCUT2D eigenvalue weighted by Crippen LogP contribution is -2.34. The molecule has 0 radical (unpaired) electrons. The molecule has 3 N–H and O–H groups in total. The van der Waals surface area contributed by atoms with Gasteiger partial charge in [0.25, 0.3) is 5.91 Å². The molecule has 0 unspecified atom stereocenters. The van der Waals surface area contributed by atoms with Crippen molar-refractivity contribution in [3.63, 3.8) is 0 Å².